The van der Waals surface area contributed by atoms with Gasteiger partial charge in [0.05, 0.1) is 11.9 Å². The Morgan fingerprint density at radius 2 is 1.62 bits per heavy atom. The Labute approximate surface area is 210 Å². The fourth-order valence-electron chi connectivity index (χ4n) is 3.29. The number of sulfonamides is 1. The lowest BCUT2D eigenvalue weighted by Crippen LogP contribution is -2.48. The first kappa shape index (κ1) is 25.9. The number of carbonyl (C=O) groups excluding carboxylic acids is 1. The Morgan fingerprint density at radius 1 is 1.00 bits per heavy atom. The molecular formula is C25H27ClN2O4S2. The molecule has 1 amide bonds. The highest BCUT2D eigenvalue weighted by atomic mass is 35.5. The van der Waals surface area contributed by atoms with Gasteiger partial charge in [-0.2, -0.15) is 11.8 Å². The fourth-order valence-corrected chi connectivity index (χ4v) is 5.61. The SMILES string of the molecule is C[C@@H](C(=O)NCCSCc1ccccc1Cl)N(c1ccc(Oc2ccccc2)cc1)S(C)(=O)=O. The van der Waals surface area contributed by atoms with E-state index in [9.17, 15) is 13.2 Å². The smallest absolute Gasteiger partial charge is 0.243 e. The molecule has 0 spiro atoms. The normalized spacial score (nSPS) is 12.1. The molecule has 1 atom stereocenters. The number of benzene rings is 3. The number of hydrogen-bond donors (Lipinski definition) is 1. The summed E-state index contributed by atoms with van der Waals surface area (Å²) >= 11 is 7.80. The summed E-state index contributed by atoms with van der Waals surface area (Å²) in [6, 6.07) is 22.6. The second-order valence-corrected chi connectivity index (χ2v) is 11.0. The monoisotopic (exact) mass is 518 g/mol. The first-order valence-corrected chi connectivity index (χ1v) is 14.0. The standard InChI is InChI=1S/C25H27ClN2O4S2/c1-19(25(29)27-16-17-33-18-20-8-6-7-11-24(20)26)28(34(2,30)31)21-12-14-23(15-13-21)32-22-9-4-3-5-10-22/h3-15,19H,16-18H2,1-2H3,(H,27,29)/t19-/m0/s1. The van der Waals surface area contributed by atoms with Gasteiger partial charge in [-0.05, 0) is 55.0 Å². The Kier molecular flexibility index (Phi) is 9.27. The minimum Gasteiger partial charge on any atom is -0.457 e. The van der Waals surface area contributed by atoms with Crippen molar-refractivity contribution < 1.29 is 17.9 Å². The molecule has 0 aliphatic carbocycles. The Morgan fingerprint density at radius 3 is 2.26 bits per heavy atom. The number of rotatable bonds is 11. The van der Waals surface area contributed by atoms with E-state index in [0.29, 0.717) is 29.5 Å². The molecule has 0 aromatic heterocycles. The first-order valence-electron chi connectivity index (χ1n) is 10.7. The predicted octanol–water partition coefficient (Wildman–Crippen LogP) is 5.34. The zero-order chi connectivity index (χ0) is 24.6. The summed E-state index contributed by atoms with van der Waals surface area (Å²) in [4.78, 5) is 12.7. The molecule has 9 heteroatoms. The molecule has 180 valence electrons. The summed E-state index contributed by atoms with van der Waals surface area (Å²) in [6.45, 7) is 1.99. The maximum Gasteiger partial charge on any atom is 0.243 e. The van der Waals surface area contributed by atoms with Crippen LogP contribution < -0.4 is 14.4 Å². The molecule has 0 fully saturated rings. The minimum absolute atomic E-state index is 0.367. The van der Waals surface area contributed by atoms with Crippen LogP contribution >= 0.6 is 23.4 Å². The molecule has 3 aromatic carbocycles. The van der Waals surface area contributed by atoms with Gasteiger partial charge in [-0.25, -0.2) is 8.42 Å². The van der Waals surface area contributed by atoms with E-state index in [1.807, 2.05) is 54.6 Å². The number of amides is 1. The molecule has 6 nitrogen and oxygen atoms in total. The summed E-state index contributed by atoms with van der Waals surface area (Å²) in [6.07, 6.45) is 1.09. The zero-order valence-electron chi connectivity index (χ0n) is 19.0. The highest BCUT2D eigenvalue weighted by Crippen LogP contribution is 2.27. The molecule has 0 radical (unpaired) electrons. The average molecular weight is 519 g/mol. The lowest BCUT2D eigenvalue weighted by atomic mass is 10.2. The molecule has 0 saturated carbocycles. The van der Waals surface area contributed by atoms with Gasteiger partial charge < -0.3 is 10.1 Å². The lowest BCUT2D eigenvalue weighted by molar-refractivity contribution is -0.121. The first-order chi connectivity index (χ1) is 16.3. The second-order valence-electron chi connectivity index (χ2n) is 7.58. The number of thioether (sulfide) groups is 1. The third-order valence-corrected chi connectivity index (χ3v) is 7.54. The summed E-state index contributed by atoms with van der Waals surface area (Å²) in [5.41, 5.74) is 1.43. The van der Waals surface area contributed by atoms with E-state index < -0.39 is 16.1 Å². The van der Waals surface area contributed by atoms with Gasteiger partial charge in [0.1, 0.15) is 17.5 Å². The molecule has 0 aliphatic heterocycles. The molecule has 3 aromatic rings. The van der Waals surface area contributed by atoms with Gasteiger partial charge in [-0.3, -0.25) is 9.10 Å². The van der Waals surface area contributed by atoms with Crippen molar-refractivity contribution in [2.75, 3.05) is 22.9 Å². The van der Waals surface area contributed by atoms with Crippen LogP contribution in [0, 0.1) is 0 Å². The lowest BCUT2D eigenvalue weighted by Gasteiger charge is -2.28. The van der Waals surface area contributed by atoms with Crippen molar-refractivity contribution in [3.8, 4) is 11.5 Å². The highest BCUT2D eigenvalue weighted by Gasteiger charge is 2.29. The largest absolute Gasteiger partial charge is 0.457 e. The molecule has 0 saturated heterocycles. The zero-order valence-corrected chi connectivity index (χ0v) is 21.4. The molecule has 0 unspecified atom stereocenters. The molecule has 3 rings (SSSR count). The topological polar surface area (TPSA) is 75.7 Å². The van der Waals surface area contributed by atoms with E-state index in [4.69, 9.17) is 16.3 Å². The van der Waals surface area contributed by atoms with Crippen LogP contribution in [0.4, 0.5) is 5.69 Å². The van der Waals surface area contributed by atoms with E-state index >= 15 is 0 Å². The van der Waals surface area contributed by atoms with E-state index in [0.717, 1.165) is 26.9 Å². The van der Waals surface area contributed by atoms with Crippen LogP contribution in [-0.2, 0) is 20.6 Å². The van der Waals surface area contributed by atoms with Gasteiger partial charge >= 0.3 is 0 Å². The van der Waals surface area contributed by atoms with Gasteiger partial charge in [0, 0.05) is 23.1 Å². The van der Waals surface area contributed by atoms with Crippen LogP contribution in [0.5, 0.6) is 11.5 Å². The number of carbonyl (C=O) groups is 1. The van der Waals surface area contributed by atoms with Crippen molar-refractivity contribution in [3.05, 3.63) is 89.4 Å². The van der Waals surface area contributed by atoms with Crippen LogP contribution in [-0.4, -0.2) is 38.9 Å². The molecule has 0 aliphatic rings. The van der Waals surface area contributed by atoms with Gasteiger partial charge in [-0.1, -0.05) is 48.0 Å². The third kappa shape index (κ3) is 7.41. The van der Waals surface area contributed by atoms with Crippen molar-refractivity contribution in [3.63, 3.8) is 0 Å². The Bertz CT molecular complexity index is 1190. The van der Waals surface area contributed by atoms with E-state index in [2.05, 4.69) is 5.32 Å². The number of para-hydroxylation sites is 1. The molecule has 0 bridgehead atoms. The van der Waals surface area contributed by atoms with Crippen LogP contribution in [0.2, 0.25) is 5.02 Å². The summed E-state index contributed by atoms with van der Waals surface area (Å²) in [5, 5.41) is 3.55. The van der Waals surface area contributed by atoms with Crippen molar-refractivity contribution >= 4 is 45.0 Å². The van der Waals surface area contributed by atoms with Crippen LogP contribution in [0.3, 0.4) is 0 Å². The summed E-state index contributed by atoms with van der Waals surface area (Å²) in [7, 11) is -3.70. The van der Waals surface area contributed by atoms with E-state index in [1.54, 1.807) is 43.0 Å². The maximum atomic E-state index is 12.7. The van der Waals surface area contributed by atoms with Crippen molar-refractivity contribution in [2.24, 2.45) is 0 Å². The molecule has 1 N–H and O–H groups in total. The second kappa shape index (κ2) is 12.1. The third-order valence-electron chi connectivity index (χ3n) is 4.92. The maximum absolute atomic E-state index is 12.7. The summed E-state index contributed by atoms with van der Waals surface area (Å²) < 4.78 is 31.9. The predicted molar refractivity (Wildman–Crippen MR) is 140 cm³/mol. The van der Waals surface area contributed by atoms with Gasteiger partial charge in [0.2, 0.25) is 15.9 Å². The molecule has 0 heterocycles. The molecular weight excluding hydrogens is 492 g/mol. The minimum atomic E-state index is -3.70. The van der Waals surface area contributed by atoms with Crippen LogP contribution in [0.15, 0.2) is 78.9 Å². The van der Waals surface area contributed by atoms with Gasteiger partial charge in [0.25, 0.3) is 0 Å². The summed E-state index contributed by atoms with van der Waals surface area (Å²) in [5.74, 6) is 2.28. The number of anilines is 1. The number of halogens is 1. The number of ether oxygens (including phenoxy) is 1. The average Bonchev–Trinajstić information content (AvgIpc) is 2.81. The van der Waals surface area contributed by atoms with Crippen molar-refractivity contribution in [2.45, 2.75) is 18.7 Å². The number of hydrogen-bond acceptors (Lipinski definition) is 5. The van der Waals surface area contributed by atoms with Crippen molar-refractivity contribution in [1.29, 1.82) is 0 Å². The van der Waals surface area contributed by atoms with E-state index in [-0.39, 0.29) is 5.91 Å². The van der Waals surface area contributed by atoms with Crippen LogP contribution in [0.1, 0.15) is 12.5 Å². The Hall–Kier alpha value is -2.68. The quantitative estimate of drug-likeness (QED) is 0.347. The van der Waals surface area contributed by atoms with Crippen LogP contribution in [0.25, 0.3) is 0 Å². The number of nitrogens with zero attached hydrogens (tertiary/aromatic N) is 1. The molecule has 34 heavy (non-hydrogen) atoms. The van der Waals surface area contributed by atoms with Gasteiger partial charge in [-0.15, -0.1) is 0 Å². The van der Waals surface area contributed by atoms with E-state index in [1.165, 1.54) is 0 Å². The fraction of sp³-hybridized carbons (Fsp3) is 0.240. The number of nitrogens with one attached hydrogen (secondary N) is 1. The highest BCUT2D eigenvalue weighted by molar-refractivity contribution is 7.98. The Balaban J connectivity index is 1.57. The van der Waals surface area contributed by atoms with Crippen molar-refractivity contribution in [1.82, 2.24) is 5.32 Å². The van der Waals surface area contributed by atoms with Gasteiger partial charge in [0.15, 0.2) is 0 Å².